The number of rotatable bonds is 1. The Labute approximate surface area is 98.2 Å². The van der Waals surface area contributed by atoms with E-state index in [4.69, 9.17) is 4.74 Å². The fourth-order valence-corrected chi connectivity index (χ4v) is 2.21. The molecule has 0 radical (unpaired) electrons. The monoisotopic (exact) mass is 219 g/mol. The van der Waals surface area contributed by atoms with Gasteiger partial charge in [-0.15, -0.1) is 0 Å². The Bertz CT molecular complexity index is 342. The van der Waals surface area contributed by atoms with E-state index in [9.17, 15) is 0 Å². The van der Waals surface area contributed by atoms with Gasteiger partial charge in [0.25, 0.3) is 0 Å². The van der Waals surface area contributed by atoms with Gasteiger partial charge in [0, 0.05) is 12.1 Å². The predicted octanol–water partition coefficient (Wildman–Crippen LogP) is 3.20. The molecular formula is C14H21NO. The minimum absolute atomic E-state index is 0.108. The molecule has 0 bridgehead atoms. The molecular weight excluding hydrogens is 198 g/mol. The molecule has 1 heterocycles. The Morgan fingerprint density at radius 2 is 1.81 bits per heavy atom. The molecule has 88 valence electrons. The van der Waals surface area contributed by atoms with Crippen molar-refractivity contribution in [3.05, 3.63) is 35.9 Å². The topological polar surface area (TPSA) is 12.5 Å². The van der Waals surface area contributed by atoms with Crippen molar-refractivity contribution in [3.63, 3.8) is 0 Å². The molecule has 1 aliphatic heterocycles. The van der Waals surface area contributed by atoms with Crippen LogP contribution in [0.5, 0.6) is 0 Å². The zero-order chi connectivity index (χ0) is 11.8. The van der Waals surface area contributed by atoms with Crippen molar-refractivity contribution in [1.82, 2.24) is 4.90 Å². The molecule has 1 saturated heterocycles. The summed E-state index contributed by atoms with van der Waals surface area (Å²) in [6.45, 7) is 9.86. The van der Waals surface area contributed by atoms with Gasteiger partial charge in [-0.2, -0.15) is 0 Å². The van der Waals surface area contributed by atoms with E-state index in [2.05, 4.69) is 56.9 Å². The van der Waals surface area contributed by atoms with Gasteiger partial charge >= 0.3 is 0 Å². The molecule has 16 heavy (non-hydrogen) atoms. The van der Waals surface area contributed by atoms with Crippen LogP contribution in [-0.2, 0) is 4.74 Å². The van der Waals surface area contributed by atoms with Crippen LogP contribution in [0.1, 0.15) is 39.5 Å². The van der Waals surface area contributed by atoms with Gasteiger partial charge < -0.3 is 4.74 Å². The third-order valence-electron chi connectivity index (χ3n) is 3.04. The average molecular weight is 219 g/mol. The lowest BCUT2D eigenvalue weighted by Gasteiger charge is -2.35. The van der Waals surface area contributed by atoms with E-state index in [0.717, 1.165) is 6.54 Å². The largest absolute Gasteiger partial charge is 0.355 e. The van der Waals surface area contributed by atoms with Gasteiger partial charge in [-0.3, -0.25) is 4.90 Å². The van der Waals surface area contributed by atoms with E-state index in [-0.39, 0.29) is 11.8 Å². The van der Waals surface area contributed by atoms with Crippen molar-refractivity contribution in [2.75, 3.05) is 6.54 Å². The summed E-state index contributed by atoms with van der Waals surface area (Å²) >= 11 is 0. The van der Waals surface area contributed by atoms with Crippen LogP contribution >= 0.6 is 0 Å². The molecule has 0 aromatic heterocycles. The summed E-state index contributed by atoms with van der Waals surface area (Å²) in [6.07, 6.45) is 0.417. The van der Waals surface area contributed by atoms with Crippen LogP contribution in [0, 0.1) is 0 Å². The van der Waals surface area contributed by atoms with Gasteiger partial charge in [-0.1, -0.05) is 30.3 Å². The van der Waals surface area contributed by atoms with E-state index in [0.29, 0.717) is 6.10 Å². The van der Waals surface area contributed by atoms with Crippen molar-refractivity contribution in [1.29, 1.82) is 0 Å². The van der Waals surface area contributed by atoms with Gasteiger partial charge in [0.05, 0.1) is 6.10 Å². The zero-order valence-electron chi connectivity index (χ0n) is 10.6. The van der Waals surface area contributed by atoms with Gasteiger partial charge in [-0.05, 0) is 33.3 Å². The van der Waals surface area contributed by atoms with Gasteiger partial charge in [-0.25, -0.2) is 0 Å². The van der Waals surface area contributed by atoms with Crippen LogP contribution in [0.2, 0.25) is 0 Å². The van der Waals surface area contributed by atoms with Crippen molar-refractivity contribution in [2.45, 2.75) is 45.6 Å². The Hall–Kier alpha value is -0.860. The lowest BCUT2D eigenvalue weighted by molar-refractivity contribution is -0.0275. The third-order valence-corrected chi connectivity index (χ3v) is 3.04. The third kappa shape index (κ3) is 2.28. The molecule has 0 spiro atoms. The van der Waals surface area contributed by atoms with Crippen molar-refractivity contribution >= 4 is 0 Å². The average Bonchev–Trinajstić information content (AvgIpc) is 2.61. The van der Waals surface area contributed by atoms with E-state index in [1.54, 1.807) is 0 Å². The first-order valence-electron chi connectivity index (χ1n) is 5.95. The number of hydrogen-bond acceptors (Lipinski definition) is 2. The Kier molecular flexibility index (Phi) is 3.04. The first-order chi connectivity index (χ1) is 7.48. The first-order valence-corrected chi connectivity index (χ1v) is 5.95. The standard InChI is InChI=1S/C14H21NO/c1-11-10-15(14(2,3)4)13(16-11)12-8-6-5-7-9-12/h5-9,11,13H,10H2,1-4H3/t11-,13-/m0/s1. The number of ether oxygens (including phenoxy) is 1. The van der Waals surface area contributed by atoms with Crippen LogP contribution < -0.4 is 0 Å². The number of hydrogen-bond donors (Lipinski definition) is 0. The second kappa shape index (κ2) is 4.19. The van der Waals surface area contributed by atoms with Gasteiger partial charge in [0.15, 0.2) is 0 Å². The molecule has 0 saturated carbocycles. The van der Waals surface area contributed by atoms with Crippen LogP contribution in [0.3, 0.4) is 0 Å². The Morgan fingerprint density at radius 3 is 2.38 bits per heavy atom. The summed E-state index contributed by atoms with van der Waals surface area (Å²) in [5.41, 5.74) is 1.40. The molecule has 1 aromatic rings. The lowest BCUT2D eigenvalue weighted by Crippen LogP contribution is -2.41. The summed E-state index contributed by atoms with van der Waals surface area (Å²) < 4.78 is 6.01. The quantitative estimate of drug-likeness (QED) is 0.719. The first kappa shape index (κ1) is 11.6. The maximum Gasteiger partial charge on any atom is 0.137 e. The Balaban J connectivity index is 2.26. The second-order valence-electron chi connectivity index (χ2n) is 5.53. The lowest BCUT2D eigenvalue weighted by atomic mass is 10.0. The zero-order valence-corrected chi connectivity index (χ0v) is 10.6. The fraction of sp³-hybridized carbons (Fsp3) is 0.571. The highest BCUT2D eigenvalue weighted by atomic mass is 16.5. The molecule has 1 fully saturated rings. The maximum atomic E-state index is 6.01. The molecule has 0 aliphatic carbocycles. The normalized spacial score (nSPS) is 27.2. The van der Waals surface area contributed by atoms with Gasteiger partial charge in [0.1, 0.15) is 6.23 Å². The van der Waals surface area contributed by atoms with Crippen LogP contribution in [0.25, 0.3) is 0 Å². The van der Waals surface area contributed by atoms with Crippen molar-refractivity contribution < 1.29 is 4.74 Å². The second-order valence-corrected chi connectivity index (χ2v) is 5.53. The van der Waals surface area contributed by atoms with Crippen LogP contribution in [0.4, 0.5) is 0 Å². The number of benzene rings is 1. The molecule has 2 heteroatoms. The summed E-state index contributed by atoms with van der Waals surface area (Å²) in [6, 6.07) is 10.5. The van der Waals surface area contributed by atoms with E-state index in [1.807, 2.05) is 6.07 Å². The summed E-state index contributed by atoms with van der Waals surface area (Å²) in [7, 11) is 0. The summed E-state index contributed by atoms with van der Waals surface area (Å²) in [4.78, 5) is 2.42. The predicted molar refractivity (Wildman–Crippen MR) is 66.2 cm³/mol. The van der Waals surface area contributed by atoms with E-state index >= 15 is 0 Å². The molecule has 0 N–H and O–H groups in total. The molecule has 2 nitrogen and oxygen atoms in total. The molecule has 0 unspecified atom stereocenters. The molecule has 1 aliphatic rings. The minimum atomic E-state index is 0.108. The fourth-order valence-electron chi connectivity index (χ4n) is 2.21. The van der Waals surface area contributed by atoms with E-state index < -0.39 is 0 Å². The van der Waals surface area contributed by atoms with Crippen LogP contribution in [-0.4, -0.2) is 23.1 Å². The molecule has 2 rings (SSSR count). The summed E-state index contributed by atoms with van der Waals surface area (Å²) in [5.74, 6) is 0. The van der Waals surface area contributed by atoms with Crippen molar-refractivity contribution in [3.8, 4) is 0 Å². The van der Waals surface area contributed by atoms with Gasteiger partial charge in [0.2, 0.25) is 0 Å². The summed E-state index contributed by atoms with van der Waals surface area (Å²) in [5, 5.41) is 0. The highest BCUT2D eigenvalue weighted by molar-refractivity contribution is 5.18. The Morgan fingerprint density at radius 1 is 1.19 bits per heavy atom. The molecule has 2 atom stereocenters. The molecule has 1 aromatic carbocycles. The molecule has 0 amide bonds. The number of nitrogens with zero attached hydrogens (tertiary/aromatic N) is 1. The SMILES string of the molecule is C[C@H]1CN(C(C)(C)C)[C@H](c2ccccc2)O1. The smallest absolute Gasteiger partial charge is 0.137 e. The minimum Gasteiger partial charge on any atom is -0.355 e. The highest BCUT2D eigenvalue weighted by Crippen LogP contribution is 2.35. The van der Waals surface area contributed by atoms with E-state index in [1.165, 1.54) is 5.56 Å². The van der Waals surface area contributed by atoms with Crippen LogP contribution in [0.15, 0.2) is 30.3 Å². The van der Waals surface area contributed by atoms with Crippen molar-refractivity contribution in [2.24, 2.45) is 0 Å². The highest BCUT2D eigenvalue weighted by Gasteiger charge is 2.37. The maximum absolute atomic E-state index is 6.01.